The molecule has 0 rings (SSSR count). The average molecular weight is 298 g/mol. The topological polar surface area (TPSA) is 52.6 Å². The molecule has 0 aliphatic rings. The maximum absolute atomic E-state index is 12.1. The molecule has 0 aromatic rings. The summed E-state index contributed by atoms with van der Waals surface area (Å²) in [7, 11) is 1.29. The van der Waals surface area contributed by atoms with Gasteiger partial charge in [-0.25, -0.2) is 4.79 Å². The summed E-state index contributed by atoms with van der Waals surface area (Å²) in [5.41, 5.74) is -0.448. The fraction of sp³-hybridized carbons (Fsp3) is 0.765. The van der Waals surface area contributed by atoms with E-state index < -0.39 is 17.3 Å². The second-order valence-electron chi connectivity index (χ2n) is 6.35. The molecule has 1 atom stereocenters. The van der Waals surface area contributed by atoms with Gasteiger partial charge in [-0.1, -0.05) is 52.7 Å². The second-order valence-corrected chi connectivity index (χ2v) is 6.35. The zero-order valence-electron chi connectivity index (χ0n) is 14.1. The minimum atomic E-state index is -0.478. The number of carbonyl (C=O) groups excluding carboxylic acids is 2. The van der Waals surface area contributed by atoms with E-state index >= 15 is 0 Å². The molecule has 4 nitrogen and oxygen atoms in total. The standard InChI is InChI=1S/C17H30O4/c1-6-7-8-9-10-11-12-14(16(19)21-20-5)13-15(18)17(2,3)4/h10-11,14H,6-9,12-13H2,1-5H3/b11-10+. The molecular weight excluding hydrogens is 268 g/mol. The Morgan fingerprint density at radius 1 is 1.14 bits per heavy atom. The summed E-state index contributed by atoms with van der Waals surface area (Å²) in [5, 5.41) is 0. The van der Waals surface area contributed by atoms with Gasteiger partial charge in [0.15, 0.2) is 0 Å². The first-order valence-electron chi connectivity index (χ1n) is 7.75. The fourth-order valence-corrected chi connectivity index (χ4v) is 1.83. The number of hydrogen-bond acceptors (Lipinski definition) is 4. The van der Waals surface area contributed by atoms with Crippen molar-refractivity contribution in [1.82, 2.24) is 0 Å². The molecule has 0 aromatic carbocycles. The van der Waals surface area contributed by atoms with E-state index in [1.807, 2.05) is 26.8 Å². The summed E-state index contributed by atoms with van der Waals surface area (Å²) in [6.07, 6.45) is 9.30. The molecule has 0 fully saturated rings. The Hall–Kier alpha value is -1.16. The van der Waals surface area contributed by atoms with Crippen molar-refractivity contribution in [2.24, 2.45) is 11.3 Å². The molecule has 0 aromatic heterocycles. The first-order chi connectivity index (χ1) is 9.82. The van der Waals surface area contributed by atoms with Crippen LogP contribution in [-0.4, -0.2) is 18.9 Å². The number of allylic oxidation sites excluding steroid dienone is 2. The van der Waals surface area contributed by atoms with Gasteiger partial charge in [0.25, 0.3) is 0 Å². The van der Waals surface area contributed by atoms with Gasteiger partial charge in [-0.3, -0.25) is 9.68 Å². The molecule has 0 heterocycles. The van der Waals surface area contributed by atoms with Crippen LogP contribution in [-0.2, 0) is 19.4 Å². The van der Waals surface area contributed by atoms with E-state index in [1.165, 1.54) is 20.0 Å². The summed E-state index contributed by atoms with van der Waals surface area (Å²) < 4.78 is 0. The third kappa shape index (κ3) is 9.40. The van der Waals surface area contributed by atoms with Gasteiger partial charge in [-0.15, -0.1) is 0 Å². The van der Waals surface area contributed by atoms with Crippen LogP contribution >= 0.6 is 0 Å². The molecule has 21 heavy (non-hydrogen) atoms. The van der Waals surface area contributed by atoms with Crippen molar-refractivity contribution in [3.63, 3.8) is 0 Å². The lowest BCUT2D eigenvalue weighted by molar-refractivity contribution is -0.259. The first kappa shape index (κ1) is 19.8. The van der Waals surface area contributed by atoms with Gasteiger partial charge in [0, 0.05) is 11.8 Å². The summed E-state index contributed by atoms with van der Waals surface area (Å²) in [5.74, 6) is -0.896. The van der Waals surface area contributed by atoms with Crippen LogP contribution in [0, 0.1) is 11.3 Å². The van der Waals surface area contributed by atoms with Gasteiger partial charge in [0.2, 0.25) is 0 Å². The van der Waals surface area contributed by atoms with E-state index in [9.17, 15) is 9.59 Å². The number of unbranched alkanes of at least 4 members (excludes halogenated alkanes) is 3. The van der Waals surface area contributed by atoms with Crippen LogP contribution in [0.15, 0.2) is 12.2 Å². The minimum absolute atomic E-state index is 0.0555. The van der Waals surface area contributed by atoms with Crippen LogP contribution in [0.1, 0.15) is 66.2 Å². The minimum Gasteiger partial charge on any atom is -0.299 e. The Labute approximate surface area is 128 Å². The Morgan fingerprint density at radius 2 is 1.81 bits per heavy atom. The number of hydrogen-bond donors (Lipinski definition) is 0. The Bertz CT molecular complexity index is 339. The monoisotopic (exact) mass is 298 g/mol. The molecule has 0 aliphatic heterocycles. The average Bonchev–Trinajstić information content (AvgIpc) is 2.40. The number of rotatable bonds is 10. The van der Waals surface area contributed by atoms with Gasteiger partial charge in [0.1, 0.15) is 5.78 Å². The summed E-state index contributed by atoms with van der Waals surface area (Å²) in [4.78, 5) is 32.9. The summed E-state index contributed by atoms with van der Waals surface area (Å²) >= 11 is 0. The van der Waals surface area contributed by atoms with Gasteiger partial charge >= 0.3 is 5.97 Å². The predicted molar refractivity (Wildman–Crippen MR) is 83.6 cm³/mol. The van der Waals surface area contributed by atoms with Crippen molar-refractivity contribution in [2.45, 2.75) is 66.2 Å². The van der Waals surface area contributed by atoms with Crippen LogP contribution in [0.2, 0.25) is 0 Å². The highest BCUT2D eigenvalue weighted by Gasteiger charge is 2.29. The molecule has 0 N–H and O–H groups in total. The molecule has 0 saturated heterocycles. The molecule has 4 heteroatoms. The molecule has 0 saturated carbocycles. The van der Waals surface area contributed by atoms with Gasteiger partial charge in [-0.2, -0.15) is 4.89 Å². The Morgan fingerprint density at radius 3 is 2.33 bits per heavy atom. The van der Waals surface area contributed by atoms with E-state index in [0.717, 1.165) is 12.8 Å². The normalized spacial score (nSPS) is 13.4. The van der Waals surface area contributed by atoms with Gasteiger partial charge in [0.05, 0.1) is 13.0 Å². The fourth-order valence-electron chi connectivity index (χ4n) is 1.83. The van der Waals surface area contributed by atoms with Gasteiger partial charge < -0.3 is 0 Å². The molecule has 0 bridgehead atoms. The molecule has 122 valence electrons. The summed E-state index contributed by atoms with van der Waals surface area (Å²) in [6.45, 7) is 7.73. The van der Waals surface area contributed by atoms with Crippen LogP contribution in [0.4, 0.5) is 0 Å². The smallest absolute Gasteiger partial charge is 0.299 e. The van der Waals surface area contributed by atoms with E-state index in [2.05, 4.69) is 22.8 Å². The predicted octanol–water partition coefficient (Wildman–Crippen LogP) is 4.24. The van der Waals surface area contributed by atoms with Crippen molar-refractivity contribution < 1.29 is 19.4 Å². The molecule has 0 radical (unpaired) electrons. The summed E-state index contributed by atoms with van der Waals surface area (Å²) in [6, 6.07) is 0. The zero-order chi connectivity index (χ0) is 16.3. The van der Waals surface area contributed by atoms with Crippen molar-refractivity contribution in [3.8, 4) is 0 Å². The highest BCUT2D eigenvalue weighted by molar-refractivity contribution is 5.87. The second kappa shape index (κ2) is 10.6. The van der Waals surface area contributed by atoms with Crippen molar-refractivity contribution in [1.29, 1.82) is 0 Å². The van der Waals surface area contributed by atoms with Crippen molar-refractivity contribution >= 4 is 11.8 Å². The molecule has 0 aliphatic carbocycles. The Balaban J connectivity index is 4.47. The number of ketones is 1. The lowest BCUT2D eigenvalue weighted by Crippen LogP contribution is -2.27. The quantitative estimate of drug-likeness (QED) is 0.262. The lowest BCUT2D eigenvalue weighted by Gasteiger charge is -2.19. The molecule has 0 spiro atoms. The van der Waals surface area contributed by atoms with Crippen LogP contribution in [0.5, 0.6) is 0 Å². The van der Waals surface area contributed by atoms with E-state index in [-0.39, 0.29) is 12.2 Å². The lowest BCUT2D eigenvalue weighted by atomic mass is 9.84. The maximum atomic E-state index is 12.1. The largest absolute Gasteiger partial charge is 0.346 e. The maximum Gasteiger partial charge on any atom is 0.346 e. The molecular formula is C17H30O4. The third-order valence-electron chi connectivity index (χ3n) is 3.33. The molecule has 1 unspecified atom stereocenters. The van der Waals surface area contributed by atoms with Gasteiger partial charge in [-0.05, 0) is 19.3 Å². The van der Waals surface area contributed by atoms with Crippen molar-refractivity contribution in [2.75, 3.05) is 7.11 Å². The SMILES string of the molecule is CCCCC/C=C/CC(CC(=O)C(C)(C)C)C(=O)OOC. The van der Waals surface area contributed by atoms with E-state index in [0.29, 0.717) is 6.42 Å². The number of carbonyl (C=O) groups is 2. The molecule has 0 amide bonds. The van der Waals surface area contributed by atoms with Crippen LogP contribution in [0.25, 0.3) is 0 Å². The van der Waals surface area contributed by atoms with E-state index in [1.54, 1.807) is 0 Å². The first-order valence-corrected chi connectivity index (χ1v) is 7.75. The Kier molecular flexibility index (Phi) is 9.97. The van der Waals surface area contributed by atoms with E-state index in [4.69, 9.17) is 0 Å². The highest BCUT2D eigenvalue weighted by Crippen LogP contribution is 2.23. The third-order valence-corrected chi connectivity index (χ3v) is 3.33. The number of Topliss-reactive ketones (excluding diaryl/α,β-unsaturated/α-hetero) is 1. The highest BCUT2D eigenvalue weighted by atomic mass is 17.2. The van der Waals surface area contributed by atoms with Crippen molar-refractivity contribution in [3.05, 3.63) is 12.2 Å². The van der Waals surface area contributed by atoms with Crippen LogP contribution in [0.3, 0.4) is 0 Å². The van der Waals surface area contributed by atoms with Crippen LogP contribution < -0.4 is 0 Å². The zero-order valence-corrected chi connectivity index (χ0v) is 14.1.